The van der Waals surface area contributed by atoms with Crippen molar-refractivity contribution in [1.29, 1.82) is 0 Å². The molecule has 2 unspecified atom stereocenters. The zero-order chi connectivity index (χ0) is 14.7. The van der Waals surface area contributed by atoms with Gasteiger partial charge in [0.15, 0.2) is 0 Å². The Morgan fingerprint density at radius 1 is 1.52 bits per heavy atom. The Bertz CT molecular complexity index is 604. The Morgan fingerprint density at radius 3 is 3.04 bits per heavy atom. The van der Waals surface area contributed by atoms with Crippen LogP contribution < -0.4 is 10.6 Å². The van der Waals surface area contributed by atoms with Gasteiger partial charge in [-0.15, -0.1) is 36.2 Å². The van der Waals surface area contributed by atoms with Crippen molar-refractivity contribution in [2.45, 2.75) is 25.8 Å². The van der Waals surface area contributed by atoms with E-state index in [4.69, 9.17) is 4.42 Å². The van der Waals surface area contributed by atoms with Gasteiger partial charge in [-0.1, -0.05) is 13.0 Å². The number of halogens is 2. The van der Waals surface area contributed by atoms with Gasteiger partial charge in [-0.25, -0.2) is 4.98 Å². The fourth-order valence-corrected chi connectivity index (χ4v) is 3.16. The minimum absolute atomic E-state index is 0. The molecular formula is C15H21Cl2N3O2S. The Labute approximate surface area is 152 Å². The summed E-state index contributed by atoms with van der Waals surface area (Å²) in [7, 11) is 0. The molecule has 3 rings (SSSR count). The van der Waals surface area contributed by atoms with Gasteiger partial charge >= 0.3 is 0 Å². The zero-order valence-electron chi connectivity index (χ0n) is 12.8. The molecule has 8 heteroatoms. The van der Waals surface area contributed by atoms with Gasteiger partial charge in [-0.05, 0) is 30.3 Å². The SMILES string of the molecule is CC1CCNCC1NC(=O)Cc1coc(-c2cccs2)n1.Cl.Cl. The lowest BCUT2D eigenvalue weighted by Gasteiger charge is -2.30. The largest absolute Gasteiger partial charge is 0.444 e. The van der Waals surface area contributed by atoms with Crippen LogP contribution in [0.2, 0.25) is 0 Å². The second kappa shape index (κ2) is 9.27. The van der Waals surface area contributed by atoms with Crippen LogP contribution in [0.4, 0.5) is 0 Å². The maximum absolute atomic E-state index is 12.1. The third kappa shape index (κ3) is 5.21. The average molecular weight is 378 g/mol. The summed E-state index contributed by atoms with van der Waals surface area (Å²) in [5.41, 5.74) is 0.673. The topological polar surface area (TPSA) is 67.2 Å². The first-order valence-electron chi connectivity index (χ1n) is 7.21. The summed E-state index contributed by atoms with van der Waals surface area (Å²) in [6.07, 6.45) is 2.92. The van der Waals surface area contributed by atoms with E-state index in [9.17, 15) is 4.79 Å². The van der Waals surface area contributed by atoms with E-state index < -0.39 is 0 Å². The van der Waals surface area contributed by atoms with Crippen molar-refractivity contribution in [2.75, 3.05) is 13.1 Å². The van der Waals surface area contributed by atoms with E-state index >= 15 is 0 Å². The first kappa shape index (κ1) is 20.0. The van der Waals surface area contributed by atoms with Gasteiger partial charge in [0, 0.05) is 12.6 Å². The molecule has 1 amide bonds. The van der Waals surface area contributed by atoms with Crippen LogP contribution in [0.15, 0.2) is 28.2 Å². The summed E-state index contributed by atoms with van der Waals surface area (Å²) in [5, 5.41) is 8.37. The Morgan fingerprint density at radius 2 is 2.35 bits per heavy atom. The molecule has 0 spiro atoms. The van der Waals surface area contributed by atoms with Crippen LogP contribution in [-0.2, 0) is 11.2 Å². The third-order valence-electron chi connectivity index (χ3n) is 3.80. The molecule has 0 saturated carbocycles. The van der Waals surface area contributed by atoms with Crippen LogP contribution in [0.5, 0.6) is 0 Å². The molecule has 3 heterocycles. The van der Waals surface area contributed by atoms with Gasteiger partial charge < -0.3 is 15.1 Å². The monoisotopic (exact) mass is 377 g/mol. The molecule has 128 valence electrons. The molecule has 1 aliphatic heterocycles. The second-order valence-corrected chi connectivity index (χ2v) is 6.39. The van der Waals surface area contributed by atoms with E-state index in [1.54, 1.807) is 17.6 Å². The lowest BCUT2D eigenvalue weighted by atomic mass is 9.95. The number of nitrogens with zero attached hydrogens (tertiary/aromatic N) is 1. The number of carbonyl (C=O) groups is 1. The highest BCUT2D eigenvalue weighted by molar-refractivity contribution is 7.13. The van der Waals surface area contributed by atoms with Crippen molar-refractivity contribution in [3.63, 3.8) is 0 Å². The Balaban J connectivity index is 0.00000132. The number of rotatable bonds is 4. The van der Waals surface area contributed by atoms with E-state index in [1.807, 2.05) is 17.5 Å². The Hall–Kier alpha value is -1.08. The molecule has 2 aromatic rings. The number of hydrogen-bond acceptors (Lipinski definition) is 5. The maximum atomic E-state index is 12.1. The number of amides is 1. The van der Waals surface area contributed by atoms with Crippen LogP contribution in [0, 0.1) is 5.92 Å². The number of oxazole rings is 1. The lowest BCUT2D eigenvalue weighted by molar-refractivity contribution is -0.121. The quantitative estimate of drug-likeness (QED) is 0.859. The van der Waals surface area contributed by atoms with Gasteiger partial charge in [0.2, 0.25) is 11.8 Å². The van der Waals surface area contributed by atoms with Crippen molar-refractivity contribution in [3.05, 3.63) is 29.5 Å². The summed E-state index contributed by atoms with van der Waals surface area (Å²) in [6.45, 7) is 4.05. The van der Waals surface area contributed by atoms with Crippen LogP contribution in [-0.4, -0.2) is 30.0 Å². The molecular weight excluding hydrogens is 357 g/mol. The first-order chi connectivity index (χ1) is 10.2. The first-order valence-corrected chi connectivity index (χ1v) is 8.08. The molecule has 5 nitrogen and oxygen atoms in total. The maximum Gasteiger partial charge on any atom is 0.236 e. The third-order valence-corrected chi connectivity index (χ3v) is 4.66. The van der Waals surface area contributed by atoms with Crippen molar-refractivity contribution in [3.8, 4) is 10.8 Å². The normalized spacial score (nSPS) is 20.2. The van der Waals surface area contributed by atoms with E-state index in [0.29, 0.717) is 17.5 Å². The summed E-state index contributed by atoms with van der Waals surface area (Å²) < 4.78 is 5.43. The molecule has 1 saturated heterocycles. The van der Waals surface area contributed by atoms with Crippen molar-refractivity contribution < 1.29 is 9.21 Å². The molecule has 23 heavy (non-hydrogen) atoms. The van der Waals surface area contributed by atoms with Gasteiger partial charge in [0.05, 0.1) is 17.0 Å². The summed E-state index contributed by atoms with van der Waals surface area (Å²) in [5.74, 6) is 1.09. The molecule has 1 fully saturated rings. The van der Waals surface area contributed by atoms with Gasteiger partial charge in [-0.2, -0.15) is 0 Å². The number of piperidine rings is 1. The highest BCUT2D eigenvalue weighted by Gasteiger charge is 2.23. The number of aromatic nitrogens is 1. The van der Waals surface area contributed by atoms with Crippen molar-refractivity contribution in [2.24, 2.45) is 5.92 Å². The lowest BCUT2D eigenvalue weighted by Crippen LogP contribution is -2.50. The van der Waals surface area contributed by atoms with Gasteiger partial charge in [-0.3, -0.25) is 4.79 Å². The predicted octanol–water partition coefficient (Wildman–Crippen LogP) is 2.90. The minimum Gasteiger partial charge on any atom is -0.444 e. The predicted molar refractivity (Wildman–Crippen MR) is 96.6 cm³/mol. The van der Waals surface area contributed by atoms with Crippen LogP contribution >= 0.6 is 36.2 Å². The molecule has 2 aromatic heterocycles. The van der Waals surface area contributed by atoms with Crippen LogP contribution in [0.3, 0.4) is 0 Å². The molecule has 0 aliphatic carbocycles. The molecule has 2 atom stereocenters. The molecule has 1 aliphatic rings. The van der Waals surface area contributed by atoms with Crippen LogP contribution in [0.25, 0.3) is 10.8 Å². The summed E-state index contributed by atoms with van der Waals surface area (Å²) in [6, 6.07) is 4.11. The van der Waals surface area contributed by atoms with E-state index in [-0.39, 0.29) is 43.2 Å². The van der Waals surface area contributed by atoms with Crippen LogP contribution in [0.1, 0.15) is 19.0 Å². The van der Waals surface area contributed by atoms with E-state index in [0.717, 1.165) is 24.4 Å². The average Bonchev–Trinajstić information content (AvgIpc) is 3.12. The molecule has 0 bridgehead atoms. The molecule has 0 aromatic carbocycles. The Kier molecular flexibility index (Phi) is 8.05. The molecule has 0 radical (unpaired) electrons. The number of hydrogen-bond donors (Lipinski definition) is 2. The molecule has 2 N–H and O–H groups in total. The van der Waals surface area contributed by atoms with Crippen molar-refractivity contribution >= 4 is 42.1 Å². The standard InChI is InChI=1S/C15H19N3O2S.2ClH/c1-10-4-5-16-8-12(10)18-14(19)7-11-9-20-15(17-11)13-3-2-6-21-13;;/h2-3,6,9-10,12,16H,4-5,7-8H2,1H3,(H,18,19);2*1H. The zero-order valence-corrected chi connectivity index (χ0v) is 15.2. The number of carbonyl (C=O) groups excluding carboxylic acids is 1. The number of nitrogens with one attached hydrogen (secondary N) is 2. The summed E-state index contributed by atoms with van der Waals surface area (Å²) >= 11 is 1.57. The minimum atomic E-state index is 0. The van der Waals surface area contributed by atoms with Crippen molar-refractivity contribution in [1.82, 2.24) is 15.6 Å². The van der Waals surface area contributed by atoms with E-state index in [2.05, 4.69) is 22.5 Å². The second-order valence-electron chi connectivity index (χ2n) is 5.44. The van der Waals surface area contributed by atoms with Gasteiger partial charge in [0.1, 0.15) is 6.26 Å². The fourth-order valence-electron chi connectivity index (χ4n) is 2.51. The van der Waals surface area contributed by atoms with Gasteiger partial charge in [0.25, 0.3) is 0 Å². The smallest absolute Gasteiger partial charge is 0.236 e. The van der Waals surface area contributed by atoms with E-state index in [1.165, 1.54) is 0 Å². The highest BCUT2D eigenvalue weighted by atomic mass is 35.5. The highest BCUT2D eigenvalue weighted by Crippen LogP contribution is 2.23. The number of thiophene rings is 1. The fraction of sp³-hybridized carbons (Fsp3) is 0.467. The summed E-state index contributed by atoms with van der Waals surface area (Å²) in [4.78, 5) is 17.5.